The standard InChI is InChI=1S/C23H27FN2O2/c24-21-10-4-8-19(16-21)13-14-25-23(28)20-11-12-22(27)26(17-20)15-5-9-18-6-2-1-3-7-18/h1-4,6-8,10,16,20H,5,9,11-15,17H2,(H,25,28)/t20-/m0/s1. The Morgan fingerprint density at radius 1 is 1.07 bits per heavy atom. The van der Waals surface area contributed by atoms with Crippen LogP contribution in [0, 0.1) is 11.7 Å². The van der Waals surface area contributed by atoms with E-state index in [1.807, 2.05) is 29.2 Å². The van der Waals surface area contributed by atoms with Crippen LogP contribution in [-0.4, -0.2) is 36.3 Å². The summed E-state index contributed by atoms with van der Waals surface area (Å²) >= 11 is 0. The second-order valence-electron chi connectivity index (χ2n) is 7.34. The number of aryl methyl sites for hydroxylation is 1. The molecule has 1 heterocycles. The molecular weight excluding hydrogens is 355 g/mol. The molecule has 2 aromatic carbocycles. The lowest BCUT2D eigenvalue weighted by atomic mass is 9.96. The Labute approximate surface area is 165 Å². The van der Waals surface area contributed by atoms with Gasteiger partial charge >= 0.3 is 0 Å². The van der Waals surface area contributed by atoms with Crippen LogP contribution in [0.1, 0.15) is 30.4 Å². The van der Waals surface area contributed by atoms with E-state index in [0.29, 0.717) is 38.9 Å². The molecule has 3 rings (SSSR count). The predicted molar refractivity (Wildman–Crippen MR) is 107 cm³/mol. The van der Waals surface area contributed by atoms with Crippen molar-refractivity contribution in [3.8, 4) is 0 Å². The van der Waals surface area contributed by atoms with Crippen LogP contribution in [0.4, 0.5) is 4.39 Å². The van der Waals surface area contributed by atoms with E-state index in [9.17, 15) is 14.0 Å². The van der Waals surface area contributed by atoms with Gasteiger partial charge in [-0.2, -0.15) is 0 Å². The highest BCUT2D eigenvalue weighted by Crippen LogP contribution is 2.18. The molecule has 1 aliphatic rings. The monoisotopic (exact) mass is 382 g/mol. The summed E-state index contributed by atoms with van der Waals surface area (Å²) < 4.78 is 13.2. The molecule has 2 amide bonds. The molecule has 1 saturated heterocycles. The minimum Gasteiger partial charge on any atom is -0.355 e. The SMILES string of the molecule is O=C(NCCc1cccc(F)c1)[C@H]1CCC(=O)N(CCCc2ccccc2)C1. The van der Waals surface area contributed by atoms with Crippen molar-refractivity contribution < 1.29 is 14.0 Å². The number of hydrogen-bond donors (Lipinski definition) is 1. The van der Waals surface area contributed by atoms with Crippen LogP contribution < -0.4 is 5.32 Å². The zero-order valence-corrected chi connectivity index (χ0v) is 16.1. The van der Waals surface area contributed by atoms with Crippen molar-refractivity contribution in [2.24, 2.45) is 5.92 Å². The van der Waals surface area contributed by atoms with Crippen LogP contribution in [0.5, 0.6) is 0 Å². The van der Waals surface area contributed by atoms with Gasteiger partial charge in [-0.1, -0.05) is 42.5 Å². The van der Waals surface area contributed by atoms with E-state index in [1.54, 1.807) is 6.07 Å². The van der Waals surface area contributed by atoms with Crippen molar-refractivity contribution in [2.75, 3.05) is 19.6 Å². The Bertz CT molecular complexity index is 794. The molecule has 2 aromatic rings. The lowest BCUT2D eigenvalue weighted by Crippen LogP contribution is -2.46. The quantitative estimate of drug-likeness (QED) is 0.761. The Morgan fingerprint density at radius 3 is 2.64 bits per heavy atom. The van der Waals surface area contributed by atoms with E-state index in [1.165, 1.54) is 17.7 Å². The van der Waals surface area contributed by atoms with Crippen LogP contribution in [-0.2, 0) is 22.4 Å². The van der Waals surface area contributed by atoms with Crippen LogP contribution in [0.3, 0.4) is 0 Å². The molecule has 4 nitrogen and oxygen atoms in total. The number of benzene rings is 2. The van der Waals surface area contributed by atoms with Gasteiger partial charge in [0.2, 0.25) is 11.8 Å². The fraction of sp³-hybridized carbons (Fsp3) is 0.391. The molecule has 148 valence electrons. The van der Waals surface area contributed by atoms with E-state index < -0.39 is 0 Å². The average Bonchev–Trinajstić information content (AvgIpc) is 2.70. The third kappa shape index (κ3) is 5.91. The molecule has 0 bridgehead atoms. The largest absolute Gasteiger partial charge is 0.355 e. The highest BCUT2D eigenvalue weighted by molar-refractivity contribution is 5.83. The van der Waals surface area contributed by atoms with E-state index >= 15 is 0 Å². The van der Waals surface area contributed by atoms with Crippen molar-refractivity contribution in [1.29, 1.82) is 0 Å². The molecule has 1 atom stereocenters. The number of carbonyl (C=O) groups excluding carboxylic acids is 2. The fourth-order valence-corrected chi connectivity index (χ4v) is 3.63. The molecule has 5 heteroatoms. The summed E-state index contributed by atoms with van der Waals surface area (Å²) in [7, 11) is 0. The Hall–Kier alpha value is -2.69. The number of hydrogen-bond acceptors (Lipinski definition) is 2. The van der Waals surface area contributed by atoms with Gasteiger partial charge in [-0.15, -0.1) is 0 Å². The summed E-state index contributed by atoms with van der Waals surface area (Å²) in [6.07, 6.45) is 3.43. The highest BCUT2D eigenvalue weighted by Gasteiger charge is 2.29. The highest BCUT2D eigenvalue weighted by atomic mass is 19.1. The molecular formula is C23H27FN2O2. The first-order valence-corrected chi connectivity index (χ1v) is 9.95. The van der Waals surface area contributed by atoms with Crippen LogP contribution in [0.25, 0.3) is 0 Å². The maximum absolute atomic E-state index is 13.2. The maximum atomic E-state index is 13.2. The topological polar surface area (TPSA) is 49.4 Å². The second kappa shape index (κ2) is 10.0. The number of rotatable bonds is 8. The van der Waals surface area contributed by atoms with Gasteiger partial charge in [0.25, 0.3) is 0 Å². The second-order valence-corrected chi connectivity index (χ2v) is 7.34. The third-order valence-electron chi connectivity index (χ3n) is 5.21. The minimum atomic E-state index is -0.263. The molecule has 28 heavy (non-hydrogen) atoms. The smallest absolute Gasteiger partial charge is 0.224 e. The van der Waals surface area contributed by atoms with Gasteiger partial charge in [-0.05, 0) is 48.9 Å². The Morgan fingerprint density at radius 2 is 1.86 bits per heavy atom. The van der Waals surface area contributed by atoms with Gasteiger partial charge in [-0.3, -0.25) is 9.59 Å². The zero-order chi connectivity index (χ0) is 19.8. The lowest BCUT2D eigenvalue weighted by molar-refractivity contribution is -0.138. The van der Waals surface area contributed by atoms with Crippen molar-refractivity contribution in [3.05, 3.63) is 71.5 Å². The summed E-state index contributed by atoms with van der Waals surface area (Å²) in [5.41, 5.74) is 2.13. The zero-order valence-electron chi connectivity index (χ0n) is 16.1. The summed E-state index contributed by atoms with van der Waals surface area (Å²) in [4.78, 5) is 26.5. The number of amides is 2. The minimum absolute atomic E-state index is 0.0167. The number of carbonyl (C=O) groups is 2. The van der Waals surface area contributed by atoms with Crippen molar-refractivity contribution >= 4 is 11.8 Å². The average molecular weight is 382 g/mol. The van der Waals surface area contributed by atoms with Crippen molar-refractivity contribution in [3.63, 3.8) is 0 Å². The van der Waals surface area contributed by atoms with Gasteiger partial charge in [0.05, 0.1) is 5.92 Å². The maximum Gasteiger partial charge on any atom is 0.224 e. The molecule has 0 spiro atoms. The van der Waals surface area contributed by atoms with E-state index in [0.717, 1.165) is 18.4 Å². The van der Waals surface area contributed by atoms with Crippen LogP contribution >= 0.6 is 0 Å². The summed E-state index contributed by atoms with van der Waals surface area (Å²) in [6.45, 7) is 1.64. The predicted octanol–water partition coefficient (Wildman–Crippen LogP) is 3.36. The first-order valence-electron chi connectivity index (χ1n) is 9.95. The van der Waals surface area contributed by atoms with Crippen molar-refractivity contribution in [2.45, 2.75) is 32.1 Å². The van der Waals surface area contributed by atoms with Gasteiger partial charge in [0.1, 0.15) is 5.82 Å². The molecule has 1 aliphatic heterocycles. The molecule has 1 fully saturated rings. The van der Waals surface area contributed by atoms with Gasteiger partial charge in [0, 0.05) is 26.1 Å². The number of nitrogens with zero attached hydrogens (tertiary/aromatic N) is 1. The van der Waals surface area contributed by atoms with Gasteiger partial charge in [-0.25, -0.2) is 4.39 Å². The Balaban J connectivity index is 1.42. The van der Waals surface area contributed by atoms with Gasteiger partial charge < -0.3 is 10.2 Å². The van der Waals surface area contributed by atoms with E-state index in [-0.39, 0.29) is 23.5 Å². The number of piperidine rings is 1. The number of nitrogens with one attached hydrogen (secondary N) is 1. The number of likely N-dealkylation sites (tertiary alicyclic amines) is 1. The molecule has 0 radical (unpaired) electrons. The molecule has 0 aromatic heterocycles. The molecule has 1 N–H and O–H groups in total. The lowest BCUT2D eigenvalue weighted by Gasteiger charge is -2.32. The van der Waals surface area contributed by atoms with E-state index in [2.05, 4.69) is 17.4 Å². The first-order chi connectivity index (χ1) is 13.6. The first kappa shape index (κ1) is 20.1. The fourth-order valence-electron chi connectivity index (χ4n) is 3.63. The molecule has 0 unspecified atom stereocenters. The van der Waals surface area contributed by atoms with Crippen LogP contribution in [0.2, 0.25) is 0 Å². The third-order valence-corrected chi connectivity index (χ3v) is 5.21. The normalized spacial score (nSPS) is 16.8. The number of halogens is 1. The Kier molecular flexibility index (Phi) is 7.18. The summed E-state index contributed by atoms with van der Waals surface area (Å²) in [5, 5.41) is 2.94. The van der Waals surface area contributed by atoms with E-state index in [4.69, 9.17) is 0 Å². The molecule has 0 saturated carbocycles. The van der Waals surface area contributed by atoms with Gasteiger partial charge in [0.15, 0.2) is 0 Å². The molecule has 0 aliphatic carbocycles. The summed E-state index contributed by atoms with van der Waals surface area (Å²) in [6, 6.07) is 16.6. The van der Waals surface area contributed by atoms with Crippen LogP contribution in [0.15, 0.2) is 54.6 Å². The van der Waals surface area contributed by atoms with Crippen molar-refractivity contribution in [1.82, 2.24) is 10.2 Å². The summed E-state index contributed by atoms with van der Waals surface area (Å²) in [5.74, 6) is -0.309.